The normalized spacial score (nSPS) is 12.9. The number of allylic oxidation sites excluding steroid dienone is 6. The first-order valence-electron chi connectivity index (χ1n) is 18.6. The molecule has 0 aliphatic heterocycles. The van der Waals surface area contributed by atoms with Crippen LogP contribution in [0.1, 0.15) is 202 Å². The lowest BCUT2D eigenvalue weighted by atomic mass is 9.58. The van der Waals surface area contributed by atoms with E-state index in [-0.39, 0.29) is 5.41 Å². The van der Waals surface area contributed by atoms with Crippen LogP contribution in [0.25, 0.3) is 0 Å². The summed E-state index contributed by atoms with van der Waals surface area (Å²) in [6.45, 7) is 10.8. The van der Waals surface area contributed by atoms with Gasteiger partial charge in [0.25, 0.3) is 0 Å². The van der Waals surface area contributed by atoms with Gasteiger partial charge in [-0.05, 0) is 70.6 Å². The van der Waals surface area contributed by atoms with E-state index >= 15 is 0 Å². The summed E-state index contributed by atoms with van der Waals surface area (Å²) in [6.07, 6.45) is 45.6. The number of hydrogen-bond donors (Lipinski definition) is 1. The zero-order valence-corrected chi connectivity index (χ0v) is 29.2. The maximum atomic E-state index is 12.7. The third-order valence-corrected chi connectivity index (χ3v) is 9.68. The van der Waals surface area contributed by atoms with E-state index < -0.39 is 11.4 Å². The van der Waals surface area contributed by atoms with E-state index in [1.807, 2.05) is 13.8 Å². The number of rotatable bonds is 31. The summed E-state index contributed by atoms with van der Waals surface area (Å²) < 4.78 is 0. The SMILES string of the molecule is CC/C=C\C/C=C\C/C=C\CCCCCC(CCCCCCCCCC)(CCCCCCCCCC)C(C)(C)C(=O)O. The molecule has 0 heterocycles. The van der Waals surface area contributed by atoms with Gasteiger partial charge >= 0.3 is 5.97 Å². The lowest BCUT2D eigenvalue weighted by Crippen LogP contribution is -2.44. The molecule has 0 aromatic heterocycles. The quantitative estimate of drug-likeness (QED) is 0.0648. The van der Waals surface area contributed by atoms with E-state index in [0.717, 1.165) is 51.4 Å². The van der Waals surface area contributed by atoms with Crippen LogP contribution in [0.3, 0.4) is 0 Å². The molecule has 0 saturated carbocycles. The van der Waals surface area contributed by atoms with Crippen molar-refractivity contribution in [3.63, 3.8) is 0 Å². The Balaban J connectivity index is 4.95. The molecule has 0 atom stereocenters. The van der Waals surface area contributed by atoms with Crippen molar-refractivity contribution in [2.24, 2.45) is 10.8 Å². The summed E-state index contributed by atoms with van der Waals surface area (Å²) in [4.78, 5) is 12.7. The van der Waals surface area contributed by atoms with E-state index in [9.17, 15) is 9.90 Å². The highest BCUT2D eigenvalue weighted by atomic mass is 16.4. The van der Waals surface area contributed by atoms with Crippen LogP contribution in [-0.4, -0.2) is 11.1 Å². The highest BCUT2D eigenvalue weighted by Gasteiger charge is 2.48. The first-order valence-corrected chi connectivity index (χ1v) is 18.6. The van der Waals surface area contributed by atoms with Gasteiger partial charge in [0.2, 0.25) is 0 Å². The van der Waals surface area contributed by atoms with Gasteiger partial charge in [-0.3, -0.25) is 4.79 Å². The van der Waals surface area contributed by atoms with Crippen LogP contribution in [0.4, 0.5) is 0 Å². The second-order valence-corrected chi connectivity index (χ2v) is 13.6. The van der Waals surface area contributed by atoms with Gasteiger partial charge in [0.1, 0.15) is 0 Å². The summed E-state index contributed by atoms with van der Waals surface area (Å²) in [7, 11) is 0. The molecule has 0 aliphatic rings. The molecule has 42 heavy (non-hydrogen) atoms. The minimum absolute atomic E-state index is 0.0872. The molecule has 0 aromatic carbocycles. The predicted octanol–water partition coefficient (Wildman–Crippen LogP) is 14.0. The van der Waals surface area contributed by atoms with Crippen molar-refractivity contribution in [2.45, 2.75) is 202 Å². The van der Waals surface area contributed by atoms with E-state index in [0.29, 0.717) is 0 Å². The molecule has 0 radical (unpaired) electrons. The summed E-state index contributed by atoms with van der Waals surface area (Å²) in [5.41, 5.74) is -0.760. The second kappa shape index (κ2) is 28.5. The molecular weight excluding hydrogens is 512 g/mol. The molecule has 0 bridgehead atoms. The fraction of sp³-hybridized carbons (Fsp3) is 0.825. The first-order chi connectivity index (χ1) is 20.4. The maximum absolute atomic E-state index is 12.7. The lowest BCUT2D eigenvalue weighted by molar-refractivity contribution is -0.157. The van der Waals surface area contributed by atoms with Crippen molar-refractivity contribution in [1.82, 2.24) is 0 Å². The van der Waals surface area contributed by atoms with Gasteiger partial charge in [-0.2, -0.15) is 0 Å². The van der Waals surface area contributed by atoms with Crippen molar-refractivity contribution in [2.75, 3.05) is 0 Å². The number of aliphatic carboxylic acids is 1. The summed E-state index contributed by atoms with van der Waals surface area (Å²) >= 11 is 0. The van der Waals surface area contributed by atoms with Crippen LogP contribution in [0.5, 0.6) is 0 Å². The molecule has 1 N–H and O–H groups in total. The van der Waals surface area contributed by atoms with Crippen LogP contribution in [-0.2, 0) is 4.79 Å². The molecule has 0 rings (SSSR count). The van der Waals surface area contributed by atoms with Crippen molar-refractivity contribution in [3.05, 3.63) is 36.5 Å². The highest BCUT2D eigenvalue weighted by molar-refractivity contribution is 5.74. The second-order valence-electron chi connectivity index (χ2n) is 13.6. The van der Waals surface area contributed by atoms with Gasteiger partial charge in [-0.25, -0.2) is 0 Å². The number of carboxylic acids is 1. The Kier molecular flexibility index (Phi) is 27.6. The minimum Gasteiger partial charge on any atom is -0.481 e. The molecular formula is C40H74O2. The number of hydrogen-bond acceptors (Lipinski definition) is 1. The first kappa shape index (κ1) is 40.7. The van der Waals surface area contributed by atoms with Crippen molar-refractivity contribution in [1.29, 1.82) is 0 Å². The van der Waals surface area contributed by atoms with Crippen LogP contribution in [0, 0.1) is 10.8 Å². The van der Waals surface area contributed by atoms with Crippen LogP contribution in [0.15, 0.2) is 36.5 Å². The zero-order chi connectivity index (χ0) is 31.2. The van der Waals surface area contributed by atoms with E-state index in [2.05, 4.69) is 57.2 Å². The Morgan fingerprint density at radius 1 is 0.500 bits per heavy atom. The Bertz CT molecular complexity index is 664. The van der Waals surface area contributed by atoms with Crippen LogP contribution >= 0.6 is 0 Å². The molecule has 0 spiro atoms. The van der Waals surface area contributed by atoms with Gasteiger partial charge in [0.15, 0.2) is 0 Å². The number of carboxylic acid groups (broad SMARTS) is 1. The molecule has 0 saturated heterocycles. The summed E-state index contributed by atoms with van der Waals surface area (Å²) in [5, 5.41) is 10.4. The Morgan fingerprint density at radius 3 is 1.26 bits per heavy atom. The van der Waals surface area contributed by atoms with Crippen LogP contribution < -0.4 is 0 Å². The Hall–Kier alpha value is -1.31. The minimum atomic E-state index is -0.673. The maximum Gasteiger partial charge on any atom is 0.309 e. The van der Waals surface area contributed by atoms with Gasteiger partial charge < -0.3 is 5.11 Å². The summed E-state index contributed by atoms with van der Waals surface area (Å²) in [5.74, 6) is -0.595. The molecule has 246 valence electrons. The molecule has 0 fully saturated rings. The highest BCUT2D eigenvalue weighted by Crippen LogP contribution is 2.51. The van der Waals surface area contributed by atoms with E-state index in [1.54, 1.807) is 0 Å². The van der Waals surface area contributed by atoms with Gasteiger partial charge in [0, 0.05) is 0 Å². The largest absolute Gasteiger partial charge is 0.481 e. The average molecular weight is 587 g/mol. The molecule has 2 nitrogen and oxygen atoms in total. The molecule has 0 amide bonds. The molecule has 0 aromatic rings. The van der Waals surface area contributed by atoms with E-state index in [1.165, 1.54) is 116 Å². The van der Waals surface area contributed by atoms with E-state index in [4.69, 9.17) is 0 Å². The zero-order valence-electron chi connectivity index (χ0n) is 29.2. The van der Waals surface area contributed by atoms with Crippen LogP contribution in [0.2, 0.25) is 0 Å². The third-order valence-electron chi connectivity index (χ3n) is 9.68. The molecule has 0 unspecified atom stereocenters. The molecule has 2 heteroatoms. The fourth-order valence-electron chi connectivity index (χ4n) is 6.46. The summed E-state index contributed by atoms with van der Waals surface area (Å²) in [6, 6.07) is 0. The Labute approximate surface area is 264 Å². The fourth-order valence-corrected chi connectivity index (χ4v) is 6.46. The van der Waals surface area contributed by atoms with Gasteiger partial charge in [0.05, 0.1) is 5.41 Å². The Morgan fingerprint density at radius 2 is 0.857 bits per heavy atom. The van der Waals surface area contributed by atoms with Crippen molar-refractivity contribution in [3.8, 4) is 0 Å². The van der Waals surface area contributed by atoms with Gasteiger partial charge in [-0.1, -0.05) is 173 Å². The third kappa shape index (κ3) is 20.6. The average Bonchev–Trinajstić information content (AvgIpc) is 2.97. The monoisotopic (exact) mass is 587 g/mol. The smallest absolute Gasteiger partial charge is 0.309 e. The standard InChI is InChI=1S/C40H74O2/c1-6-9-12-15-18-21-22-23-24-25-28-31-34-37-40(39(4,5)38(41)42,35-32-29-26-19-16-13-10-7-2)36-33-30-27-20-17-14-11-8-3/h9,12,18,21,23-24H,6-8,10-11,13-17,19-20,22,25-37H2,1-5H3,(H,41,42)/b12-9-,21-18-,24-23-. The van der Waals surface area contributed by atoms with Crippen molar-refractivity contribution >= 4 is 5.97 Å². The lowest BCUT2D eigenvalue weighted by Gasteiger charge is -2.45. The van der Waals surface area contributed by atoms with Gasteiger partial charge in [-0.15, -0.1) is 0 Å². The van der Waals surface area contributed by atoms with Crippen molar-refractivity contribution < 1.29 is 9.90 Å². The predicted molar refractivity (Wildman–Crippen MR) is 188 cm³/mol. The molecule has 0 aliphatic carbocycles. The number of carbonyl (C=O) groups is 1. The topological polar surface area (TPSA) is 37.3 Å². The number of unbranched alkanes of at least 4 members (excludes halogenated alkanes) is 17.